The minimum Gasteiger partial charge on any atom is -0.444 e. The molecule has 46 heavy (non-hydrogen) atoms. The number of benzene rings is 1. The molecule has 0 aliphatic rings. The Bertz CT molecular complexity index is 1300. The number of hydrogen-bond donors (Lipinski definition) is 4. The van der Waals surface area contributed by atoms with Gasteiger partial charge in [0.05, 0.1) is 11.0 Å². The maximum Gasteiger partial charge on any atom is 0.514 e. The molecule has 0 radical (unpaired) electrons. The van der Waals surface area contributed by atoms with E-state index in [4.69, 9.17) is 19.9 Å². The van der Waals surface area contributed by atoms with E-state index < -0.39 is 46.7 Å². The van der Waals surface area contributed by atoms with Crippen LogP contribution in [-0.2, 0) is 19.1 Å². The number of non-ortho nitro benzene ring substituents is 1. The van der Waals surface area contributed by atoms with Crippen molar-refractivity contribution in [3.63, 3.8) is 0 Å². The molecule has 2 atom stereocenters. The van der Waals surface area contributed by atoms with Gasteiger partial charge in [0, 0.05) is 36.7 Å². The average Bonchev–Trinajstić information content (AvgIpc) is 2.95. The van der Waals surface area contributed by atoms with Gasteiger partial charge in [0.25, 0.3) is 5.69 Å². The standard InChI is InChI=1S/C31H43N5O10/c1-7-22(12-8-9-18-44-30(41)45-24-15-13-23(14-16-24)36(42)43)34-27(38)21(11-10-17-33-28(32)39)19-25(37)26(20(2)3)35-29(40)46-31(4,5)6/h7-9,12-16,20-21,26H,1,10-11,17-19H2,2-6H3,(H,34,38)(H,35,40)(H3,32,33,39)/b9-8+,22-12+/t21-,26+/m1/s1. The van der Waals surface area contributed by atoms with E-state index in [-0.39, 0.29) is 54.8 Å². The van der Waals surface area contributed by atoms with Gasteiger partial charge < -0.3 is 35.9 Å². The van der Waals surface area contributed by atoms with Crippen LogP contribution in [0.2, 0.25) is 0 Å². The maximum absolute atomic E-state index is 13.3. The van der Waals surface area contributed by atoms with E-state index in [2.05, 4.69) is 22.5 Å². The lowest BCUT2D eigenvalue weighted by Gasteiger charge is -2.26. The molecule has 1 rings (SSSR count). The van der Waals surface area contributed by atoms with Crippen LogP contribution in [-0.4, -0.2) is 59.7 Å². The Kier molecular flexibility index (Phi) is 16.2. The number of ketones is 1. The van der Waals surface area contributed by atoms with Crippen molar-refractivity contribution < 1.29 is 43.1 Å². The topological polar surface area (TPSA) is 218 Å². The van der Waals surface area contributed by atoms with E-state index in [0.29, 0.717) is 6.42 Å². The molecule has 15 nitrogen and oxygen atoms in total. The monoisotopic (exact) mass is 645 g/mol. The van der Waals surface area contributed by atoms with Gasteiger partial charge >= 0.3 is 18.3 Å². The number of nitrogens with two attached hydrogens (primary N) is 1. The van der Waals surface area contributed by atoms with E-state index in [9.17, 15) is 34.1 Å². The Labute approximate surface area is 267 Å². The molecule has 1 aromatic rings. The van der Waals surface area contributed by atoms with Crippen LogP contribution in [0.25, 0.3) is 0 Å². The molecule has 0 fully saturated rings. The second-order valence-corrected chi connectivity index (χ2v) is 11.3. The number of nitro groups is 1. The van der Waals surface area contributed by atoms with Crippen LogP contribution >= 0.6 is 0 Å². The van der Waals surface area contributed by atoms with Gasteiger partial charge in [0.2, 0.25) is 5.91 Å². The van der Waals surface area contributed by atoms with E-state index in [1.165, 1.54) is 48.6 Å². The Hall–Kier alpha value is -5.21. The summed E-state index contributed by atoms with van der Waals surface area (Å²) in [6.07, 6.45) is 4.40. The van der Waals surface area contributed by atoms with Crippen molar-refractivity contribution >= 4 is 35.7 Å². The summed E-state index contributed by atoms with van der Waals surface area (Å²) >= 11 is 0. The molecule has 0 aliphatic carbocycles. The molecule has 1 aromatic carbocycles. The van der Waals surface area contributed by atoms with Crippen molar-refractivity contribution in [2.24, 2.45) is 17.6 Å². The summed E-state index contributed by atoms with van der Waals surface area (Å²) in [6, 6.07) is 3.25. The van der Waals surface area contributed by atoms with Crippen LogP contribution in [0, 0.1) is 22.0 Å². The van der Waals surface area contributed by atoms with Crippen LogP contribution in [0.4, 0.5) is 20.1 Å². The fourth-order valence-corrected chi connectivity index (χ4v) is 3.82. The van der Waals surface area contributed by atoms with Crippen molar-refractivity contribution in [2.75, 3.05) is 13.2 Å². The predicted octanol–water partition coefficient (Wildman–Crippen LogP) is 4.43. The summed E-state index contributed by atoms with van der Waals surface area (Å²) < 4.78 is 15.2. The Morgan fingerprint density at radius 3 is 2.30 bits per heavy atom. The number of ether oxygens (including phenoxy) is 3. The molecule has 0 aromatic heterocycles. The fourth-order valence-electron chi connectivity index (χ4n) is 3.82. The van der Waals surface area contributed by atoms with Gasteiger partial charge in [0.1, 0.15) is 18.0 Å². The van der Waals surface area contributed by atoms with E-state index >= 15 is 0 Å². The molecule has 0 saturated heterocycles. The van der Waals surface area contributed by atoms with E-state index in [1.54, 1.807) is 34.6 Å². The maximum atomic E-state index is 13.3. The lowest BCUT2D eigenvalue weighted by atomic mass is 9.89. The number of allylic oxidation sites excluding steroid dienone is 3. The minimum absolute atomic E-state index is 0.0647. The Balaban J connectivity index is 2.85. The second-order valence-electron chi connectivity index (χ2n) is 11.3. The summed E-state index contributed by atoms with van der Waals surface area (Å²) in [5.41, 5.74) is 4.48. The van der Waals surface area contributed by atoms with Crippen molar-refractivity contribution in [1.29, 1.82) is 0 Å². The first-order valence-electron chi connectivity index (χ1n) is 14.5. The molecule has 0 spiro atoms. The first-order valence-corrected chi connectivity index (χ1v) is 14.5. The molecule has 252 valence electrons. The van der Waals surface area contributed by atoms with Gasteiger partial charge in [-0.2, -0.15) is 0 Å². The molecule has 15 heteroatoms. The Morgan fingerprint density at radius 1 is 1.11 bits per heavy atom. The van der Waals surface area contributed by atoms with Crippen LogP contribution in [0.15, 0.2) is 60.8 Å². The molecule has 0 aliphatic heterocycles. The zero-order valence-corrected chi connectivity index (χ0v) is 26.7. The number of urea groups is 1. The van der Waals surface area contributed by atoms with Gasteiger partial charge in [0.15, 0.2) is 5.78 Å². The van der Waals surface area contributed by atoms with Crippen molar-refractivity contribution in [1.82, 2.24) is 16.0 Å². The Morgan fingerprint density at radius 2 is 1.76 bits per heavy atom. The number of primary amides is 1. The first kappa shape index (κ1) is 38.8. The summed E-state index contributed by atoms with van der Waals surface area (Å²) in [6.45, 7) is 12.3. The third kappa shape index (κ3) is 16.0. The first-order chi connectivity index (χ1) is 21.5. The summed E-state index contributed by atoms with van der Waals surface area (Å²) in [5.74, 6) is -1.91. The number of carbonyl (C=O) groups is 5. The number of nitro benzene ring substituents is 1. The lowest BCUT2D eigenvalue weighted by molar-refractivity contribution is -0.384. The number of alkyl carbamates (subject to hydrolysis) is 1. The molecular weight excluding hydrogens is 602 g/mol. The fraction of sp³-hybridized carbons (Fsp3) is 0.452. The van der Waals surface area contributed by atoms with Gasteiger partial charge in [-0.25, -0.2) is 14.4 Å². The molecule has 0 unspecified atom stereocenters. The largest absolute Gasteiger partial charge is 0.514 e. The number of hydrogen-bond acceptors (Lipinski definition) is 10. The van der Waals surface area contributed by atoms with Crippen LogP contribution < -0.4 is 26.4 Å². The van der Waals surface area contributed by atoms with Crippen LogP contribution in [0.3, 0.4) is 0 Å². The minimum atomic E-state index is -1.03. The number of carbonyl (C=O) groups excluding carboxylic acids is 5. The van der Waals surface area contributed by atoms with Crippen molar-refractivity contribution in [3.05, 3.63) is 71.0 Å². The smallest absolute Gasteiger partial charge is 0.444 e. The zero-order chi connectivity index (χ0) is 34.9. The van der Waals surface area contributed by atoms with Crippen LogP contribution in [0.5, 0.6) is 5.75 Å². The van der Waals surface area contributed by atoms with Crippen LogP contribution in [0.1, 0.15) is 53.9 Å². The number of nitrogens with zero attached hydrogens (tertiary/aromatic N) is 1. The van der Waals surface area contributed by atoms with Gasteiger partial charge in [-0.15, -0.1) is 0 Å². The number of Topliss-reactive ketones (excluding diaryl/α,β-unsaturated/α-hetero) is 1. The summed E-state index contributed by atoms with van der Waals surface area (Å²) in [4.78, 5) is 72.0. The predicted molar refractivity (Wildman–Crippen MR) is 169 cm³/mol. The van der Waals surface area contributed by atoms with E-state index in [0.717, 1.165) is 0 Å². The molecule has 0 bridgehead atoms. The van der Waals surface area contributed by atoms with Gasteiger partial charge in [-0.3, -0.25) is 19.7 Å². The quantitative estimate of drug-likeness (QED) is 0.0466. The molecular formula is C31H43N5O10. The lowest BCUT2D eigenvalue weighted by Crippen LogP contribution is -2.47. The molecule has 4 amide bonds. The third-order valence-corrected chi connectivity index (χ3v) is 5.98. The molecule has 5 N–H and O–H groups in total. The number of rotatable bonds is 17. The highest BCUT2D eigenvalue weighted by Crippen LogP contribution is 2.19. The van der Waals surface area contributed by atoms with E-state index in [1.807, 2.05) is 0 Å². The molecule has 0 heterocycles. The normalized spacial score (nSPS) is 12.9. The SMILES string of the molecule is C=C/C(=C\C=C\COC(=O)Oc1ccc([N+](=O)[O-])cc1)NC(=O)[C@H](CCCNC(N)=O)CC(=O)[C@@H](NC(=O)OC(C)(C)C)C(C)C. The highest BCUT2D eigenvalue weighted by atomic mass is 16.7. The summed E-state index contributed by atoms with van der Waals surface area (Å²) in [7, 11) is 0. The molecule has 0 saturated carbocycles. The van der Waals surface area contributed by atoms with Gasteiger partial charge in [-0.1, -0.05) is 26.5 Å². The summed E-state index contributed by atoms with van der Waals surface area (Å²) in [5, 5.41) is 18.5. The second kappa shape index (κ2) is 19.2. The number of nitrogens with one attached hydrogen (secondary N) is 3. The zero-order valence-electron chi connectivity index (χ0n) is 26.7. The van der Waals surface area contributed by atoms with Crippen molar-refractivity contribution in [2.45, 2.75) is 65.5 Å². The highest BCUT2D eigenvalue weighted by molar-refractivity contribution is 5.92. The average molecular weight is 646 g/mol. The van der Waals surface area contributed by atoms with Crippen molar-refractivity contribution in [3.8, 4) is 5.75 Å². The third-order valence-electron chi connectivity index (χ3n) is 5.98. The van der Waals surface area contributed by atoms with Gasteiger partial charge in [-0.05, 0) is 69.9 Å². The highest BCUT2D eigenvalue weighted by Gasteiger charge is 2.31. The number of amides is 4.